The third kappa shape index (κ3) is 4.11. The minimum Gasteiger partial charge on any atom is -0.370 e. The average molecular weight is 361 g/mol. The van der Waals surface area contributed by atoms with Crippen molar-refractivity contribution >= 4 is 46.6 Å². The van der Waals surface area contributed by atoms with Crippen LogP contribution in [0.5, 0.6) is 0 Å². The largest absolute Gasteiger partial charge is 0.370 e. The van der Waals surface area contributed by atoms with Gasteiger partial charge < -0.3 is 10.2 Å². The Bertz CT molecular complexity index is 768. The van der Waals surface area contributed by atoms with E-state index in [4.69, 9.17) is 23.2 Å². The van der Waals surface area contributed by atoms with Crippen LogP contribution in [0.15, 0.2) is 48.5 Å². The standard InChI is InChI=1S/C19H18Cl2N2O/c20-15-9-7-14(16(21)13-15)8-10-19(24)22-17-5-1-2-6-18(17)23-11-3-4-12-23/h1-2,5-10,13H,3-4,11-12H2,(H,22,24). The summed E-state index contributed by atoms with van der Waals surface area (Å²) in [6, 6.07) is 13.1. The Labute approximate surface area is 151 Å². The first-order chi connectivity index (χ1) is 11.6. The molecule has 1 N–H and O–H groups in total. The van der Waals surface area contributed by atoms with E-state index in [-0.39, 0.29) is 5.91 Å². The molecule has 1 heterocycles. The van der Waals surface area contributed by atoms with E-state index in [9.17, 15) is 4.79 Å². The molecule has 0 unspecified atom stereocenters. The summed E-state index contributed by atoms with van der Waals surface area (Å²) in [5.41, 5.74) is 2.65. The molecule has 124 valence electrons. The van der Waals surface area contributed by atoms with Crippen molar-refractivity contribution in [3.63, 3.8) is 0 Å². The number of halogens is 2. The van der Waals surface area contributed by atoms with Crippen LogP contribution in [0.1, 0.15) is 18.4 Å². The maximum atomic E-state index is 12.2. The second-order valence-corrected chi connectivity index (χ2v) is 6.54. The first kappa shape index (κ1) is 16.9. The molecule has 0 aliphatic carbocycles. The van der Waals surface area contributed by atoms with Gasteiger partial charge in [-0.15, -0.1) is 0 Å². The second kappa shape index (κ2) is 7.73. The molecule has 3 rings (SSSR count). The summed E-state index contributed by atoms with van der Waals surface area (Å²) < 4.78 is 0. The van der Waals surface area contributed by atoms with Crippen LogP contribution in [0.25, 0.3) is 6.08 Å². The minimum atomic E-state index is -0.187. The van der Waals surface area contributed by atoms with Crippen LogP contribution in [0.3, 0.4) is 0 Å². The van der Waals surface area contributed by atoms with Gasteiger partial charge in [0, 0.05) is 29.2 Å². The lowest BCUT2D eigenvalue weighted by Gasteiger charge is -2.21. The number of para-hydroxylation sites is 2. The van der Waals surface area contributed by atoms with Crippen molar-refractivity contribution in [2.45, 2.75) is 12.8 Å². The molecule has 0 aromatic heterocycles. The minimum absolute atomic E-state index is 0.187. The van der Waals surface area contributed by atoms with Gasteiger partial charge in [-0.2, -0.15) is 0 Å². The van der Waals surface area contributed by atoms with Crippen molar-refractivity contribution in [2.24, 2.45) is 0 Å². The third-order valence-electron chi connectivity index (χ3n) is 3.99. The Hall–Kier alpha value is -1.97. The van der Waals surface area contributed by atoms with Crippen molar-refractivity contribution in [3.05, 3.63) is 64.1 Å². The molecule has 3 nitrogen and oxygen atoms in total. The van der Waals surface area contributed by atoms with Gasteiger partial charge in [0.1, 0.15) is 0 Å². The molecule has 0 bridgehead atoms. The monoisotopic (exact) mass is 360 g/mol. The van der Waals surface area contributed by atoms with Gasteiger partial charge in [-0.1, -0.05) is 41.4 Å². The molecule has 2 aromatic carbocycles. The Morgan fingerprint density at radius 1 is 1.08 bits per heavy atom. The lowest BCUT2D eigenvalue weighted by atomic mass is 10.2. The van der Waals surface area contributed by atoms with Crippen LogP contribution >= 0.6 is 23.2 Å². The molecular formula is C19H18Cl2N2O. The van der Waals surface area contributed by atoms with Gasteiger partial charge in [-0.05, 0) is 48.7 Å². The summed E-state index contributed by atoms with van der Waals surface area (Å²) in [6.07, 6.45) is 5.55. The highest BCUT2D eigenvalue weighted by atomic mass is 35.5. The highest BCUT2D eigenvalue weighted by molar-refractivity contribution is 6.35. The number of hydrogen-bond acceptors (Lipinski definition) is 2. The molecule has 5 heteroatoms. The highest BCUT2D eigenvalue weighted by Gasteiger charge is 2.15. The molecule has 1 fully saturated rings. The fourth-order valence-corrected chi connectivity index (χ4v) is 3.26. The van der Waals surface area contributed by atoms with E-state index in [1.54, 1.807) is 24.3 Å². The van der Waals surface area contributed by atoms with Crippen LogP contribution in [0.4, 0.5) is 11.4 Å². The fourth-order valence-electron chi connectivity index (χ4n) is 2.79. The molecule has 1 aliphatic heterocycles. The zero-order valence-electron chi connectivity index (χ0n) is 13.1. The fraction of sp³-hybridized carbons (Fsp3) is 0.211. The normalized spacial score (nSPS) is 14.3. The van der Waals surface area contributed by atoms with Crippen molar-refractivity contribution in [1.29, 1.82) is 0 Å². The predicted octanol–water partition coefficient (Wildman–Crippen LogP) is 5.25. The highest BCUT2D eigenvalue weighted by Crippen LogP contribution is 2.28. The average Bonchev–Trinajstić information content (AvgIpc) is 3.09. The summed E-state index contributed by atoms with van der Waals surface area (Å²) in [5, 5.41) is 4.04. The van der Waals surface area contributed by atoms with Crippen molar-refractivity contribution in [1.82, 2.24) is 0 Å². The molecule has 0 saturated carbocycles. The van der Waals surface area contributed by atoms with Crippen LogP contribution in [0.2, 0.25) is 10.0 Å². The van der Waals surface area contributed by atoms with Crippen LogP contribution in [-0.4, -0.2) is 19.0 Å². The summed E-state index contributed by atoms with van der Waals surface area (Å²) in [5.74, 6) is -0.187. The Balaban J connectivity index is 1.72. The number of nitrogens with one attached hydrogen (secondary N) is 1. The number of hydrogen-bond donors (Lipinski definition) is 1. The van der Waals surface area contributed by atoms with E-state index in [1.165, 1.54) is 18.9 Å². The van der Waals surface area contributed by atoms with Crippen molar-refractivity contribution in [2.75, 3.05) is 23.3 Å². The van der Waals surface area contributed by atoms with E-state index < -0.39 is 0 Å². The number of benzene rings is 2. The first-order valence-corrected chi connectivity index (χ1v) is 8.67. The maximum absolute atomic E-state index is 12.2. The second-order valence-electron chi connectivity index (χ2n) is 5.70. The summed E-state index contributed by atoms with van der Waals surface area (Å²) in [4.78, 5) is 14.5. The SMILES string of the molecule is O=C(C=Cc1ccc(Cl)cc1Cl)Nc1ccccc1N1CCCC1. The smallest absolute Gasteiger partial charge is 0.248 e. The number of anilines is 2. The van der Waals surface area contributed by atoms with Gasteiger partial charge in [0.2, 0.25) is 5.91 Å². The molecule has 24 heavy (non-hydrogen) atoms. The molecule has 0 radical (unpaired) electrons. The van der Waals surface area contributed by atoms with E-state index in [2.05, 4.69) is 10.2 Å². The Morgan fingerprint density at radius 3 is 2.58 bits per heavy atom. The molecule has 0 spiro atoms. The topological polar surface area (TPSA) is 32.3 Å². The lowest BCUT2D eigenvalue weighted by molar-refractivity contribution is -0.111. The Morgan fingerprint density at radius 2 is 1.83 bits per heavy atom. The van der Waals surface area contributed by atoms with E-state index in [1.807, 2.05) is 24.3 Å². The number of rotatable bonds is 4. The maximum Gasteiger partial charge on any atom is 0.248 e. The van der Waals surface area contributed by atoms with Crippen LogP contribution < -0.4 is 10.2 Å². The number of nitrogens with zero attached hydrogens (tertiary/aromatic N) is 1. The molecule has 1 amide bonds. The lowest BCUT2D eigenvalue weighted by Crippen LogP contribution is -2.20. The van der Waals surface area contributed by atoms with E-state index >= 15 is 0 Å². The zero-order valence-corrected chi connectivity index (χ0v) is 14.6. The van der Waals surface area contributed by atoms with Gasteiger partial charge >= 0.3 is 0 Å². The van der Waals surface area contributed by atoms with Gasteiger partial charge in [0.15, 0.2) is 0 Å². The Kier molecular flexibility index (Phi) is 5.44. The zero-order chi connectivity index (χ0) is 16.9. The van der Waals surface area contributed by atoms with Crippen LogP contribution in [-0.2, 0) is 4.79 Å². The number of amides is 1. The van der Waals surface area contributed by atoms with Gasteiger partial charge in [0.05, 0.1) is 11.4 Å². The summed E-state index contributed by atoms with van der Waals surface area (Å²) >= 11 is 12.0. The quantitative estimate of drug-likeness (QED) is 0.755. The number of carbonyl (C=O) groups is 1. The van der Waals surface area contributed by atoms with E-state index in [0.717, 1.165) is 30.0 Å². The van der Waals surface area contributed by atoms with Gasteiger partial charge in [-0.25, -0.2) is 0 Å². The third-order valence-corrected chi connectivity index (χ3v) is 4.55. The van der Waals surface area contributed by atoms with Crippen molar-refractivity contribution < 1.29 is 4.79 Å². The molecule has 0 atom stereocenters. The molecular weight excluding hydrogens is 343 g/mol. The van der Waals surface area contributed by atoms with Crippen molar-refractivity contribution in [3.8, 4) is 0 Å². The summed E-state index contributed by atoms with van der Waals surface area (Å²) in [6.45, 7) is 2.06. The molecule has 1 saturated heterocycles. The van der Waals surface area contributed by atoms with Crippen LogP contribution in [0, 0.1) is 0 Å². The first-order valence-electron chi connectivity index (χ1n) is 7.91. The van der Waals surface area contributed by atoms with Gasteiger partial charge in [-0.3, -0.25) is 4.79 Å². The van der Waals surface area contributed by atoms with E-state index in [0.29, 0.717) is 10.0 Å². The van der Waals surface area contributed by atoms with Gasteiger partial charge in [0.25, 0.3) is 0 Å². The molecule has 2 aromatic rings. The summed E-state index contributed by atoms with van der Waals surface area (Å²) in [7, 11) is 0. The predicted molar refractivity (Wildman–Crippen MR) is 102 cm³/mol. The molecule has 1 aliphatic rings. The number of carbonyl (C=O) groups excluding carboxylic acids is 1.